The Morgan fingerprint density at radius 2 is 1.50 bits per heavy atom. The van der Waals surface area contributed by atoms with E-state index in [9.17, 15) is 0 Å². The largest absolute Gasteiger partial charge is 0.362 e. The van der Waals surface area contributed by atoms with E-state index in [4.69, 9.17) is 0 Å². The van der Waals surface area contributed by atoms with Crippen LogP contribution in [0.15, 0.2) is 48.5 Å². The highest BCUT2D eigenvalue weighted by Crippen LogP contribution is 2.28. The van der Waals surface area contributed by atoms with Crippen LogP contribution in [-0.4, -0.2) is 19.6 Å². The topological polar surface area (TPSA) is 15.3 Å². The third-order valence-electron chi connectivity index (χ3n) is 4.07. The first kappa shape index (κ1) is 13.2. The summed E-state index contributed by atoms with van der Waals surface area (Å²) in [5.41, 5.74) is 5.35. The molecule has 1 unspecified atom stereocenters. The fourth-order valence-corrected chi connectivity index (χ4v) is 2.84. The smallest absolute Gasteiger partial charge is 0.0667 e. The Hall–Kier alpha value is -1.80. The summed E-state index contributed by atoms with van der Waals surface area (Å²) in [6, 6.07) is 18.2. The normalized spacial score (nSPS) is 19.1. The molecule has 2 nitrogen and oxygen atoms in total. The van der Waals surface area contributed by atoms with Crippen LogP contribution in [0.3, 0.4) is 0 Å². The molecule has 0 aromatic heterocycles. The summed E-state index contributed by atoms with van der Waals surface area (Å²) in [5.74, 6) is 0. The van der Waals surface area contributed by atoms with Gasteiger partial charge in [0, 0.05) is 25.3 Å². The standard InChI is InChI=1S/C18H22N2/c1-14-3-7-16(8-4-14)18-13-19-11-12-20(18)17-9-5-15(2)6-10-17/h3-10,18-19H,11-13H2,1-2H3. The maximum atomic E-state index is 3.52. The van der Waals surface area contributed by atoms with Gasteiger partial charge < -0.3 is 10.2 Å². The van der Waals surface area contributed by atoms with Gasteiger partial charge >= 0.3 is 0 Å². The van der Waals surface area contributed by atoms with E-state index < -0.39 is 0 Å². The Balaban J connectivity index is 1.90. The predicted octanol–water partition coefficient (Wildman–Crippen LogP) is 3.45. The lowest BCUT2D eigenvalue weighted by atomic mass is 10.0. The van der Waals surface area contributed by atoms with Gasteiger partial charge in [-0.25, -0.2) is 0 Å². The van der Waals surface area contributed by atoms with Crippen LogP contribution in [0.2, 0.25) is 0 Å². The van der Waals surface area contributed by atoms with Crippen LogP contribution < -0.4 is 10.2 Å². The van der Waals surface area contributed by atoms with E-state index in [0.717, 1.165) is 19.6 Å². The molecule has 1 N–H and O–H groups in total. The van der Waals surface area contributed by atoms with Crippen molar-refractivity contribution in [3.63, 3.8) is 0 Å². The van der Waals surface area contributed by atoms with Gasteiger partial charge in [0.2, 0.25) is 0 Å². The second kappa shape index (κ2) is 5.68. The molecule has 104 valence electrons. The summed E-state index contributed by atoms with van der Waals surface area (Å²) in [6.07, 6.45) is 0. The number of nitrogens with one attached hydrogen (secondary N) is 1. The molecule has 0 radical (unpaired) electrons. The van der Waals surface area contributed by atoms with Crippen LogP contribution in [0.1, 0.15) is 22.7 Å². The zero-order chi connectivity index (χ0) is 13.9. The molecule has 1 atom stereocenters. The lowest BCUT2D eigenvalue weighted by Crippen LogP contribution is -2.46. The van der Waals surface area contributed by atoms with E-state index in [-0.39, 0.29) is 0 Å². The monoisotopic (exact) mass is 266 g/mol. The molecule has 1 aliphatic heterocycles. The molecule has 2 aromatic rings. The third kappa shape index (κ3) is 2.70. The fraction of sp³-hybridized carbons (Fsp3) is 0.333. The second-order valence-electron chi connectivity index (χ2n) is 5.66. The lowest BCUT2D eigenvalue weighted by molar-refractivity contribution is 0.490. The van der Waals surface area contributed by atoms with Crippen LogP contribution in [0.5, 0.6) is 0 Å². The van der Waals surface area contributed by atoms with Crippen molar-refractivity contribution in [1.82, 2.24) is 5.32 Å². The Morgan fingerprint density at radius 3 is 2.15 bits per heavy atom. The van der Waals surface area contributed by atoms with Gasteiger partial charge in [-0.15, -0.1) is 0 Å². The van der Waals surface area contributed by atoms with Gasteiger partial charge in [-0.1, -0.05) is 47.5 Å². The number of rotatable bonds is 2. The molecule has 0 spiro atoms. The van der Waals surface area contributed by atoms with Crippen molar-refractivity contribution in [2.75, 3.05) is 24.5 Å². The quantitative estimate of drug-likeness (QED) is 0.895. The van der Waals surface area contributed by atoms with Crippen LogP contribution in [-0.2, 0) is 0 Å². The molecule has 0 aliphatic carbocycles. The third-order valence-corrected chi connectivity index (χ3v) is 4.07. The number of nitrogens with zero attached hydrogens (tertiary/aromatic N) is 1. The summed E-state index contributed by atoms with van der Waals surface area (Å²) in [5, 5.41) is 3.52. The number of benzene rings is 2. The molecule has 0 bridgehead atoms. The van der Waals surface area contributed by atoms with Gasteiger partial charge in [0.1, 0.15) is 0 Å². The van der Waals surface area contributed by atoms with E-state index in [1.165, 1.54) is 22.4 Å². The first-order valence-corrected chi connectivity index (χ1v) is 7.34. The maximum absolute atomic E-state index is 3.52. The SMILES string of the molecule is Cc1ccc(C2CNCCN2c2ccc(C)cc2)cc1. The fourth-order valence-electron chi connectivity index (χ4n) is 2.84. The molecule has 20 heavy (non-hydrogen) atoms. The number of aryl methyl sites for hydroxylation is 2. The Bertz CT molecular complexity index is 503. The molecule has 0 amide bonds. The molecule has 1 fully saturated rings. The second-order valence-corrected chi connectivity index (χ2v) is 5.66. The Labute approximate surface area is 121 Å². The van der Waals surface area contributed by atoms with Gasteiger partial charge in [-0.2, -0.15) is 0 Å². The summed E-state index contributed by atoms with van der Waals surface area (Å²) < 4.78 is 0. The Kier molecular flexibility index (Phi) is 3.75. The van der Waals surface area contributed by atoms with E-state index in [1.54, 1.807) is 0 Å². The highest BCUT2D eigenvalue weighted by Gasteiger charge is 2.23. The summed E-state index contributed by atoms with van der Waals surface area (Å²) >= 11 is 0. The van der Waals surface area contributed by atoms with Gasteiger partial charge in [0.15, 0.2) is 0 Å². The minimum absolute atomic E-state index is 0.423. The highest BCUT2D eigenvalue weighted by atomic mass is 15.2. The van der Waals surface area contributed by atoms with Gasteiger partial charge in [-0.3, -0.25) is 0 Å². The number of anilines is 1. The summed E-state index contributed by atoms with van der Waals surface area (Å²) in [6.45, 7) is 7.40. The molecule has 3 rings (SSSR count). The van der Waals surface area contributed by atoms with Crippen LogP contribution >= 0.6 is 0 Å². The van der Waals surface area contributed by atoms with Gasteiger partial charge in [-0.05, 0) is 31.5 Å². The average Bonchev–Trinajstić information content (AvgIpc) is 2.49. The first-order chi connectivity index (χ1) is 9.74. The number of hydrogen-bond donors (Lipinski definition) is 1. The van der Waals surface area contributed by atoms with E-state index in [0.29, 0.717) is 6.04 Å². The first-order valence-electron chi connectivity index (χ1n) is 7.34. The lowest BCUT2D eigenvalue weighted by Gasteiger charge is -2.38. The Morgan fingerprint density at radius 1 is 0.900 bits per heavy atom. The van der Waals surface area contributed by atoms with Crippen molar-refractivity contribution in [3.8, 4) is 0 Å². The van der Waals surface area contributed by atoms with E-state index in [2.05, 4.69) is 72.6 Å². The summed E-state index contributed by atoms with van der Waals surface area (Å²) in [4.78, 5) is 2.51. The minimum atomic E-state index is 0.423. The highest BCUT2D eigenvalue weighted by molar-refractivity contribution is 5.50. The van der Waals surface area contributed by atoms with E-state index in [1.807, 2.05) is 0 Å². The maximum Gasteiger partial charge on any atom is 0.0667 e. The molecule has 1 aliphatic rings. The number of piperazine rings is 1. The summed E-state index contributed by atoms with van der Waals surface area (Å²) in [7, 11) is 0. The molecule has 1 heterocycles. The van der Waals surface area contributed by atoms with Gasteiger partial charge in [0.25, 0.3) is 0 Å². The van der Waals surface area contributed by atoms with Crippen molar-refractivity contribution in [2.45, 2.75) is 19.9 Å². The van der Waals surface area contributed by atoms with Crippen molar-refractivity contribution in [3.05, 3.63) is 65.2 Å². The van der Waals surface area contributed by atoms with Crippen LogP contribution in [0.4, 0.5) is 5.69 Å². The molecule has 1 saturated heterocycles. The van der Waals surface area contributed by atoms with Gasteiger partial charge in [0.05, 0.1) is 6.04 Å². The molecule has 0 saturated carbocycles. The van der Waals surface area contributed by atoms with Crippen molar-refractivity contribution in [1.29, 1.82) is 0 Å². The van der Waals surface area contributed by atoms with Crippen molar-refractivity contribution >= 4 is 5.69 Å². The molecule has 2 heteroatoms. The zero-order valence-electron chi connectivity index (χ0n) is 12.3. The van der Waals surface area contributed by atoms with E-state index >= 15 is 0 Å². The van der Waals surface area contributed by atoms with Crippen molar-refractivity contribution < 1.29 is 0 Å². The zero-order valence-corrected chi connectivity index (χ0v) is 12.3. The minimum Gasteiger partial charge on any atom is -0.362 e. The molecular weight excluding hydrogens is 244 g/mol. The molecule has 2 aromatic carbocycles. The average molecular weight is 266 g/mol. The van der Waals surface area contributed by atoms with Crippen LogP contribution in [0.25, 0.3) is 0 Å². The number of hydrogen-bond acceptors (Lipinski definition) is 2. The molecular formula is C18H22N2. The van der Waals surface area contributed by atoms with Crippen molar-refractivity contribution in [2.24, 2.45) is 0 Å². The van der Waals surface area contributed by atoms with Crippen LogP contribution in [0, 0.1) is 13.8 Å². The predicted molar refractivity (Wildman–Crippen MR) is 85.3 cm³/mol.